The average molecular weight is 2090 g/mol. The lowest BCUT2D eigenvalue weighted by Crippen LogP contribution is -2.66. The lowest BCUT2D eigenvalue weighted by atomic mass is 9.47. The van der Waals surface area contributed by atoms with E-state index in [9.17, 15) is 86.0 Å². The molecule has 0 amide bonds. The van der Waals surface area contributed by atoms with Crippen molar-refractivity contribution in [2.45, 2.75) is 453 Å². The molecule has 0 radical (unpaired) electrons. The van der Waals surface area contributed by atoms with Gasteiger partial charge in [0.2, 0.25) is 0 Å². The molecule has 0 bridgehead atoms. The highest BCUT2D eigenvalue weighted by molar-refractivity contribution is 7.48. The minimum Gasteiger partial charge on any atom is -0.430 e. The van der Waals surface area contributed by atoms with Gasteiger partial charge in [0.15, 0.2) is 0 Å². The van der Waals surface area contributed by atoms with Crippen LogP contribution in [-0.4, -0.2) is 303 Å². The zero-order valence-corrected chi connectivity index (χ0v) is 94.4. The highest BCUT2D eigenvalue weighted by Crippen LogP contribution is 2.68. The van der Waals surface area contributed by atoms with Crippen LogP contribution in [0.5, 0.6) is 0 Å². The summed E-state index contributed by atoms with van der Waals surface area (Å²) >= 11 is 0. The normalized spacial score (nSPS) is 29.7. The predicted molar refractivity (Wildman–Crippen MR) is 548 cm³/mol. The second kappa shape index (κ2) is 62.3. The Hall–Kier alpha value is -0.610. The molecular formula is C98H198N8O26P6. The van der Waals surface area contributed by atoms with Crippen molar-refractivity contribution < 1.29 is 122 Å². The minimum absolute atomic E-state index is 0.200. The molecule has 0 aromatic rings. The number of rotatable bonds is 27. The Morgan fingerprint density at radius 1 is 0.333 bits per heavy atom. The Balaban J connectivity index is 0.000000362. The van der Waals surface area contributed by atoms with E-state index in [0.29, 0.717) is 41.9 Å². The average Bonchev–Trinajstić information content (AvgIpc) is 1.47. The standard InChI is InChI=1S/C34H62O26P6.8C8H17N/c1-18(2)7-6-8-19(3)23-11-12-24-22-10-9-20-17-21(13-15-33(20,4)25(22)14-16-34(23,24)5)53-32(35)60-66(51,52)59-31-29(57-64(45,46)47)27(55-62(39,40)41)26(54-61(36,37)38)28(56-63(42,43)44)30(31)58-65(48,49)50;8*1-9(2)8-6-4-3-5-7-8/h9,18-19,21-31H,6-8,10-17H2,1-5H3,(H,51,52)(H2,36,37,38)(H2,39,40,41)(H2,42,43,44)(H2,45,46,47)(H2,48,49,50);8*8H,3-7H2,1-2H3/t19-,21-,22?,23?,24?,25?,26?,27?,28?,29?,30?,31?,33?,34?;;;;;;;;/m0......../s1. The van der Waals surface area contributed by atoms with Crippen molar-refractivity contribution in [2.75, 3.05) is 113 Å². The van der Waals surface area contributed by atoms with Gasteiger partial charge >= 0.3 is 53.1 Å². The van der Waals surface area contributed by atoms with E-state index in [0.717, 1.165) is 79.6 Å². The molecular weight excluding hydrogens is 1890 g/mol. The summed E-state index contributed by atoms with van der Waals surface area (Å²) in [6, 6.07) is 7.10. The summed E-state index contributed by atoms with van der Waals surface area (Å²) in [6.07, 6.45) is 47.5. The number of hydrogen-bond acceptors (Lipinski definition) is 23. The van der Waals surface area contributed by atoms with E-state index in [1.165, 1.54) is 283 Å². The summed E-state index contributed by atoms with van der Waals surface area (Å²) in [6.45, 7) is 11.6. The minimum atomic E-state index is -6.26. The molecule has 138 heavy (non-hydrogen) atoms. The summed E-state index contributed by atoms with van der Waals surface area (Å²) in [5, 5.41) is 0. The fourth-order valence-electron chi connectivity index (χ4n) is 24.6. The largest absolute Gasteiger partial charge is 0.532 e. The Labute approximate surface area is 834 Å². The fourth-order valence-corrected chi connectivity index (χ4v) is 28.2. The molecule has 0 spiro atoms. The smallest absolute Gasteiger partial charge is 0.430 e. The number of carbonyl (C=O) groups is 1. The van der Waals surface area contributed by atoms with Gasteiger partial charge in [-0.1, -0.05) is 220 Å². The van der Waals surface area contributed by atoms with E-state index in [-0.39, 0.29) is 23.7 Å². The van der Waals surface area contributed by atoms with Gasteiger partial charge in [-0.15, -0.1) is 0 Å². The van der Waals surface area contributed by atoms with Crippen molar-refractivity contribution in [1.82, 2.24) is 39.2 Å². The third-order valence-electron chi connectivity index (χ3n) is 32.6. The predicted octanol–water partition coefficient (Wildman–Crippen LogP) is 20.5. The molecule has 34 nitrogen and oxygen atoms in total. The highest BCUT2D eigenvalue weighted by Gasteiger charge is 2.64. The van der Waals surface area contributed by atoms with E-state index >= 15 is 0 Å². The summed E-state index contributed by atoms with van der Waals surface area (Å²) in [5.41, 5.74) is 1.00. The van der Waals surface area contributed by atoms with Crippen molar-refractivity contribution in [2.24, 2.45) is 46.3 Å². The summed E-state index contributed by atoms with van der Waals surface area (Å²) in [5.74, 6) is 3.30. The molecule has 13 aliphatic rings. The van der Waals surface area contributed by atoms with E-state index in [1.54, 1.807) is 0 Å². The van der Waals surface area contributed by atoms with Gasteiger partial charge in [0, 0.05) is 54.8 Å². The lowest BCUT2D eigenvalue weighted by Gasteiger charge is -2.58. The van der Waals surface area contributed by atoms with Gasteiger partial charge in [-0.25, -0.2) is 32.2 Å². The molecule has 816 valence electrons. The van der Waals surface area contributed by atoms with Crippen LogP contribution in [-0.2, 0) is 63.8 Å². The van der Waals surface area contributed by atoms with Gasteiger partial charge in [-0.3, -0.25) is 32.0 Å². The maximum atomic E-state index is 13.5. The highest BCUT2D eigenvalue weighted by atomic mass is 31.2. The number of allylic oxidation sites excluding steroid dienone is 1. The maximum Gasteiger partial charge on any atom is 0.532 e. The van der Waals surface area contributed by atoms with Gasteiger partial charge in [0.1, 0.15) is 42.7 Å². The van der Waals surface area contributed by atoms with Crippen molar-refractivity contribution >= 4 is 53.1 Å². The Morgan fingerprint density at radius 3 is 0.819 bits per heavy atom. The summed E-state index contributed by atoms with van der Waals surface area (Å²) in [7, 11) is -1.99. The zero-order chi connectivity index (χ0) is 103. The molecule has 0 aromatic heterocycles. The fraction of sp³-hybridized carbons (Fsp3) is 0.969. The van der Waals surface area contributed by atoms with Crippen molar-refractivity contribution in [3.63, 3.8) is 0 Å². The Kier molecular flexibility index (Phi) is 57.7. The van der Waals surface area contributed by atoms with Gasteiger partial charge in [-0.2, -0.15) is 0 Å². The first-order valence-corrected chi connectivity index (χ1v) is 62.1. The molecule has 13 atom stereocenters. The molecule has 13 rings (SSSR count). The summed E-state index contributed by atoms with van der Waals surface area (Å²) in [4.78, 5) is 139. The molecule has 12 fully saturated rings. The monoisotopic (exact) mass is 2090 g/mol. The first-order valence-electron chi connectivity index (χ1n) is 53.0. The lowest BCUT2D eigenvalue weighted by molar-refractivity contribution is -0.202. The first kappa shape index (κ1) is 128. The number of ether oxygens (including phenoxy) is 1. The van der Waals surface area contributed by atoms with Crippen LogP contribution in [0.25, 0.3) is 0 Å². The van der Waals surface area contributed by atoms with Gasteiger partial charge in [-0.05, 0) is 307 Å². The SMILES string of the molecule is CC(C)CCC[C@H](C)C1CCC2C3CC=C4C[C@@H](OC(=O)OP(=O)(O)OC5C(OP(=O)(O)O)C(OP(=O)(O)O)C(OP(=O)(O)O)C(OP(=O)(O)O)C5OP(=O)(O)O)CCC4(C)C3CCC21C.CN(C)C1CCCCC1.CN(C)C1CCCCC1.CN(C)C1CCCCC1.CN(C)C1CCCCC1.CN(C)C1CCCCC1.CN(C)C1CCCCC1.CN(C)C1CCCCC1.CN(C)C1CCCCC1. The Bertz CT molecular complexity index is 3350. The molecule has 0 aromatic carbocycles. The van der Waals surface area contributed by atoms with Crippen LogP contribution < -0.4 is 0 Å². The van der Waals surface area contributed by atoms with Crippen LogP contribution in [0.15, 0.2) is 11.6 Å². The third kappa shape index (κ3) is 47.7. The van der Waals surface area contributed by atoms with E-state index in [2.05, 4.69) is 220 Å². The number of fused-ring (bicyclic) bond motifs is 5. The first-order chi connectivity index (χ1) is 64.3. The van der Waals surface area contributed by atoms with Crippen molar-refractivity contribution in [3.05, 3.63) is 11.6 Å². The molecule has 0 aliphatic heterocycles. The van der Waals surface area contributed by atoms with Crippen LogP contribution >= 0.6 is 46.9 Å². The van der Waals surface area contributed by atoms with E-state index in [4.69, 9.17) is 9.26 Å². The van der Waals surface area contributed by atoms with Crippen LogP contribution in [0.4, 0.5) is 4.79 Å². The third-order valence-corrected chi connectivity index (χ3v) is 36.1. The molecule has 11 N–H and O–H groups in total. The molecule has 13 aliphatic carbocycles. The number of nitrogens with zero attached hydrogens (tertiary/aromatic N) is 8. The quantitative estimate of drug-likeness (QED) is 0.0207. The number of phosphoric acid groups is 6. The molecule has 0 saturated heterocycles. The van der Waals surface area contributed by atoms with Crippen molar-refractivity contribution in [3.8, 4) is 0 Å². The molecule has 12 saturated carbocycles. The van der Waals surface area contributed by atoms with Crippen LogP contribution in [0.2, 0.25) is 0 Å². The molecule has 11 unspecified atom stereocenters. The van der Waals surface area contributed by atoms with Gasteiger partial charge in [0.25, 0.3) is 0 Å². The van der Waals surface area contributed by atoms with Gasteiger partial charge < -0.3 is 97.4 Å². The van der Waals surface area contributed by atoms with Gasteiger partial charge in [0.05, 0.1) is 0 Å². The van der Waals surface area contributed by atoms with E-state index in [1.807, 2.05) is 0 Å². The van der Waals surface area contributed by atoms with Crippen LogP contribution in [0.1, 0.15) is 362 Å². The zero-order valence-electron chi connectivity index (χ0n) is 89.1. The number of hydrogen-bond donors (Lipinski definition) is 11. The van der Waals surface area contributed by atoms with Crippen molar-refractivity contribution in [1.29, 1.82) is 0 Å². The van der Waals surface area contributed by atoms with Crippen LogP contribution in [0, 0.1) is 46.3 Å². The van der Waals surface area contributed by atoms with E-state index < -0.39 is 95.8 Å². The molecule has 40 heteroatoms. The maximum absolute atomic E-state index is 13.5. The summed E-state index contributed by atoms with van der Waals surface area (Å²) < 4.78 is 110. The Morgan fingerprint density at radius 2 is 0.587 bits per heavy atom. The second-order valence-electron chi connectivity index (χ2n) is 45.0. The second-order valence-corrected chi connectivity index (χ2v) is 52.3. The number of phosphoric ester groups is 6. The molecule has 0 heterocycles. The number of carbonyl (C=O) groups excluding carboxylic acids is 1. The topological polar surface area (TPSA) is 442 Å². The van der Waals surface area contributed by atoms with Crippen LogP contribution in [0.3, 0.4) is 0 Å².